The second-order valence-corrected chi connectivity index (χ2v) is 5.43. The number of amides is 1. The molecule has 122 valence electrons. The molecule has 0 saturated carbocycles. The highest BCUT2D eigenvalue weighted by Crippen LogP contribution is 2.18. The normalized spacial score (nSPS) is 10.4. The van der Waals surface area contributed by atoms with Crippen molar-refractivity contribution in [3.8, 4) is 5.75 Å². The second kappa shape index (κ2) is 7.61. The van der Waals surface area contributed by atoms with Crippen LogP contribution in [0.4, 0.5) is 5.69 Å². The van der Waals surface area contributed by atoms with E-state index in [1.54, 1.807) is 47.4 Å². The third-order valence-corrected chi connectivity index (χ3v) is 3.51. The molecule has 1 aromatic heterocycles. The van der Waals surface area contributed by atoms with Crippen molar-refractivity contribution in [2.24, 2.45) is 0 Å². The van der Waals surface area contributed by atoms with Crippen LogP contribution in [-0.4, -0.2) is 27.3 Å². The molecule has 6 nitrogen and oxygen atoms in total. The van der Waals surface area contributed by atoms with Crippen LogP contribution >= 0.6 is 11.6 Å². The molecular weight excluding hydrogens is 328 g/mol. The summed E-state index contributed by atoms with van der Waals surface area (Å²) in [5.74, 6) is 0.468. The predicted octanol–water partition coefficient (Wildman–Crippen LogP) is 3.26. The third kappa shape index (κ3) is 4.33. The van der Waals surface area contributed by atoms with Crippen molar-refractivity contribution in [3.63, 3.8) is 0 Å². The van der Waals surface area contributed by atoms with Gasteiger partial charge in [-0.25, -0.2) is 9.67 Å². The molecule has 7 heteroatoms. The monoisotopic (exact) mass is 342 g/mol. The molecule has 3 rings (SSSR count). The summed E-state index contributed by atoms with van der Waals surface area (Å²) >= 11 is 5.82. The standard InChI is InChI=1S/C17H15ClN4O2/c18-14-6-4-13(5-7-14)17(23)21-15-2-1-3-16(10-15)24-9-8-22-12-19-11-20-22/h1-7,10-12H,8-9H2,(H,21,23). The average Bonchev–Trinajstić information content (AvgIpc) is 3.09. The van der Waals surface area contributed by atoms with Crippen LogP contribution in [0.5, 0.6) is 5.75 Å². The minimum Gasteiger partial charge on any atom is -0.492 e. The van der Waals surface area contributed by atoms with Crippen LogP contribution in [0.1, 0.15) is 10.4 Å². The van der Waals surface area contributed by atoms with Crippen molar-refractivity contribution in [1.82, 2.24) is 14.8 Å². The largest absolute Gasteiger partial charge is 0.492 e. The number of carbonyl (C=O) groups is 1. The first-order valence-electron chi connectivity index (χ1n) is 7.33. The van der Waals surface area contributed by atoms with Gasteiger partial charge in [-0.1, -0.05) is 17.7 Å². The number of nitrogens with one attached hydrogen (secondary N) is 1. The number of benzene rings is 2. The van der Waals surface area contributed by atoms with Gasteiger partial charge in [0.05, 0.1) is 6.54 Å². The van der Waals surface area contributed by atoms with Gasteiger partial charge in [-0.05, 0) is 36.4 Å². The minimum absolute atomic E-state index is 0.202. The molecule has 0 radical (unpaired) electrons. The Balaban J connectivity index is 1.58. The summed E-state index contributed by atoms with van der Waals surface area (Å²) in [5, 5.41) is 7.43. The smallest absolute Gasteiger partial charge is 0.255 e. The zero-order chi connectivity index (χ0) is 16.8. The maximum Gasteiger partial charge on any atom is 0.255 e. The molecule has 1 heterocycles. The third-order valence-electron chi connectivity index (χ3n) is 3.25. The van der Waals surface area contributed by atoms with Gasteiger partial charge in [0.1, 0.15) is 25.0 Å². The van der Waals surface area contributed by atoms with E-state index in [-0.39, 0.29) is 5.91 Å². The number of hydrogen-bond acceptors (Lipinski definition) is 4. The van der Waals surface area contributed by atoms with E-state index in [0.717, 1.165) is 0 Å². The van der Waals surface area contributed by atoms with E-state index in [4.69, 9.17) is 16.3 Å². The molecule has 0 fully saturated rings. The Morgan fingerprint density at radius 1 is 1.21 bits per heavy atom. The Hall–Kier alpha value is -2.86. The Labute approximate surface area is 144 Å². The quantitative estimate of drug-likeness (QED) is 0.746. The SMILES string of the molecule is O=C(Nc1cccc(OCCn2cncn2)c1)c1ccc(Cl)cc1. The van der Waals surface area contributed by atoms with E-state index in [1.807, 2.05) is 12.1 Å². The first-order chi connectivity index (χ1) is 11.7. The maximum absolute atomic E-state index is 12.2. The Morgan fingerprint density at radius 2 is 2.04 bits per heavy atom. The van der Waals surface area contributed by atoms with E-state index >= 15 is 0 Å². The summed E-state index contributed by atoms with van der Waals surface area (Å²) in [7, 11) is 0. The van der Waals surface area contributed by atoms with Crippen molar-refractivity contribution < 1.29 is 9.53 Å². The van der Waals surface area contributed by atoms with Crippen molar-refractivity contribution in [3.05, 3.63) is 71.8 Å². The lowest BCUT2D eigenvalue weighted by Crippen LogP contribution is -2.12. The van der Waals surface area contributed by atoms with E-state index in [9.17, 15) is 4.79 Å². The summed E-state index contributed by atoms with van der Waals surface area (Å²) in [6.45, 7) is 1.05. The molecule has 24 heavy (non-hydrogen) atoms. The number of carbonyl (C=O) groups excluding carboxylic acids is 1. The Bertz CT molecular complexity index is 804. The lowest BCUT2D eigenvalue weighted by Gasteiger charge is -2.09. The zero-order valence-electron chi connectivity index (χ0n) is 12.7. The number of anilines is 1. The van der Waals surface area contributed by atoms with E-state index in [1.165, 1.54) is 6.33 Å². The van der Waals surface area contributed by atoms with Crippen LogP contribution in [0.3, 0.4) is 0 Å². The summed E-state index contributed by atoms with van der Waals surface area (Å²) in [6, 6.07) is 13.9. The fraction of sp³-hybridized carbons (Fsp3) is 0.118. The Kier molecular flexibility index (Phi) is 5.08. The molecule has 0 unspecified atom stereocenters. The molecule has 1 N–H and O–H groups in total. The van der Waals surface area contributed by atoms with Gasteiger partial charge in [0.2, 0.25) is 0 Å². The van der Waals surface area contributed by atoms with Crippen LogP contribution in [0.15, 0.2) is 61.2 Å². The summed E-state index contributed by atoms with van der Waals surface area (Å²) in [5.41, 5.74) is 1.20. The van der Waals surface area contributed by atoms with Crippen molar-refractivity contribution in [2.75, 3.05) is 11.9 Å². The number of ether oxygens (including phenoxy) is 1. The van der Waals surface area contributed by atoms with Crippen LogP contribution in [0.2, 0.25) is 5.02 Å². The number of rotatable bonds is 6. The molecule has 0 bridgehead atoms. The molecular formula is C17H15ClN4O2. The van der Waals surface area contributed by atoms with Gasteiger partial charge in [0, 0.05) is 22.3 Å². The van der Waals surface area contributed by atoms with Crippen molar-refractivity contribution in [1.29, 1.82) is 0 Å². The van der Waals surface area contributed by atoms with Crippen molar-refractivity contribution in [2.45, 2.75) is 6.54 Å². The molecule has 1 amide bonds. The molecule has 0 spiro atoms. The van der Waals surface area contributed by atoms with Gasteiger partial charge in [-0.15, -0.1) is 0 Å². The average molecular weight is 343 g/mol. The van der Waals surface area contributed by atoms with Gasteiger partial charge >= 0.3 is 0 Å². The van der Waals surface area contributed by atoms with Gasteiger partial charge in [0.15, 0.2) is 0 Å². The molecule has 0 saturated heterocycles. The van der Waals surface area contributed by atoms with E-state index in [2.05, 4.69) is 15.4 Å². The van der Waals surface area contributed by atoms with Crippen molar-refractivity contribution >= 4 is 23.2 Å². The van der Waals surface area contributed by atoms with E-state index < -0.39 is 0 Å². The fourth-order valence-corrected chi connectivity index (χ4v) is 2.20. The van der Waals surface area contributed by atoms with E-state index in [0.29, 0.717) is 35.2 Å². The molecule has 0 atom stereocenters. The summed E-state index contributed by atoms with van der Waals surface area (Å²) in [4.78, 5) is 16.1. The highest BCUT2D eigenvalue weighted by molar-refractivity contribution is 6.30. The van der Waals surface area contributed by atoms with Crippen LogP contribution in [0.25, 0.3) is 0 Å². The van der Waals surface area contributed by atoms with Gasteiger partial charge in [0.25, 0.3) is 5.91 Å². The molecule has 0 aliphatic carbocycles. The topological polar surface area (TPSA) is 69.0 Å². The zero-order valence-corrected chi connectivity index (χ0v) is 13.5. The number of halogens is 1. The maximum atomic E-state index is 12.2. The first kappa shape index (κ1) is 16.0. The lowest BCUT2D eigenvalue weighted by atomic mass is 10.2. The second-order valence-electron chi connectivity index (χ2n) is 5.00. The Morgan fingerprint density at radius 3 is 2.79 bits per heavy atom. The molecule has 0 aliphatic rings. The molecule has 2 aromatic carbocycles. The number of nitrogens with zero attached hydrogens (tertiary/aromatic N) is 3. The number of aromatic nitrogens is 3. The summed E-state index contributed by atoms with van der Waals surface area (Å²) < 4.78 is 7.35. The lowest BCUT2D eigenvalue weighted by molar-refractivity contribution is 0.102. The number of hydrogen-bond donors (Lipinski definition) is 1. The van der Waals surface area contributed by atoms with Gasteiger partial charge in [-0.3, -0.25) is 4.79 Å². The summed E-state index contributed by atoms with van der Waals surface area (Å²) in [6.07, 6.45) is 3.11. The first-order valence-corrected chi connectivity index (χ1v) is 7.71. The fourth-order valence-electron chi connectivity index (χ4n) is 2.07. The molecule has 3 aromatic rings. The highest BCUT2D eigenvalue weighted by Gasteiger charge is 2.06. The molecule has 0 aliphatic heterocycles. The van der Waals surface area contributed by atoms with Crippen LogP contribution in [0, 0.1) is 0 Å². The minimum atomic E-state index is -0.202. The van der Waals surface area contributed by atoms with Crippen LogP contribution < -0.4 is 10.1 Å². The van der Waals surface area contributed by atoms with Gasteiger partial charge < -0.3 is 10.1 Å². The predicted molar refractivity (Wildman–Crippen MR) is 91.4 cm³/mol. The highest BCUT2D eigenvalue weighted by atomic mass is 35.5. The van der Waals surface area contributed by atoms with Crippen LogP contribution in [-0.2, 0) is 6.54 Å². The van der Waals surface area contributed by atoms with Gasteiger partial charge in [-0.2, -0.15) is 5.10 Å².